The molecule has 0 spiro atoms. The third kappa shape index (κ3) is 2.22. The summed E-state index contributed by atoms with van der Waals surface area (Å²) in [6.07, 6.45) is -4.20. The maximum atomic E-state index is 10.4. The standard InChI is InChI=1S/C5H8O5/c1-2(6)3(7)4(8)5(9)10/h4-5,8-10H,1H3/t4-/m0/s1. The second-order valence-electron chi connectivity index (χ2n) is 1.78. The van der Waals surface area contributed by atoms with E-state index in [0.717, 1.165) is 6.92 Å². The first-order valence-corrected chi connectivity index (χ1v) is 2.55. The number of rotatable bonds is 3. The number of carbonyl (C=O) groups excluding carboxylic acids is 2. The van der Waals surface area contributed by atoms with Gasteiger partial charge in [-0.1, -0.05) is 0 Å². The average Bonchev–Trinajstić information content (AvgIpc) is 1.84. The average molecular weight is 148 g/mol. The van der Waals surface area contributed by atoms with Crippen molar-refractivity contribution in [2.75, 3.05) is 0 Å². The minimum absolute atomic E-state index is 0.902. The quantitative estimate of drug-likeness (QED) is 0.312. The van der Waals surface area contributed by atoms with Crippen LogP contribution in [-0.2, 0) is 9.59 Å². The lowest BCUT2D eigenvalue weighted by molar-refractivity contribution is -0.159. The van der Waals surface area contributed by atoms with Crippen LogP contribution < -0.4 is 0 Å². The van der Waals surface area contributed by atoms with Crippen molar-refractivity contribution >= 4 is 11.6 Å². The number of aliphatic hydroxyl groups excluding tert-OH is 2. The highest BCUT2D eigenvalue weighted by molar-refractivity contribution is 6.37. The zero-order valence-electron chi connectivity index (χ0n) is 5.31. The van der Waals surface area contributed by atoms with Gasteiger partial charge in [0.15, 0.2) is 18.2 Å². The SMILES string of the molecule is CC(=O)C(=O)[C@H](O)C(O)O. The molecular weight excluding hydrogens is 140 g/mol. The normalized spacial score (nSPS) is 13.3. The molecule has 10 heavy (non-hydrogen) atoms. The number of hydrogen-bond acceptors (Lipinski definition) is 5. The number of hydrogen-bond donors (Lipinski definition) is 3. The summed E-state index contributed by atoms with van der Waals surface area (Å²) >= 11 is 0. The van der Waals surface area contributed by atoms with Gasteiger partial charge in [0.05, 0.1) is 0 Å². The Bertz CT molecular complexity index is 150. The fourth-order valence-corrected chi connectivity index (χ4v) is 0.344. The molecule has 1 atom stereocenters. The molecule has 0 amide bonds. The van der Waals surface area contributed by atoms with Crippen molar-refractivity contribution in [3.05, 3.63) is 0 Å². The minimum atomic E-state index is -2.18. The first kappa shape index (κ1) is 9.22. The molecule has 0 saturated carbocycles. The molecular formula is C5H8O5. The molecule has 58 valence electrons. The van der Waals surface area contributed by atoms with Crippen molar-refractivity contribution in [1.82, 2.24) is 0 Å². The van der Waals surface area contributed by atoms with E-state index in [-0.39, 0.29) is 0 Å². The van der Waals surface area contributed by atoms with Crippen LogP contribution in [0.4, 0.5) is 0 Å². The first-order chi connectivity index (χ1) is 4.46. The van der Waals surface area contributed by atoms with Gasteiger partial charge in [0.25, 0.3) is 0 Å². The molecule has 3 N–H and O–H groups in total. The van der Waals surface area contributed by atoms with E-state index in [1.807, 2.05) is 0 Å². The molecule has 0 aliphatic rings. The Kier molecular flexibility index (Phi) is 3.14. The van der Waals surface area contributed by atoms with Gasteiger partial charge in [0.1, 0.15) is 0 Å². The van der Waals surface area contributed by atoms with E-state index >= 15 is 0 Å². The van der Waals surface area contributed by atoms with Gasteiger partial charge in [-0.3, -0.25) is 9.59 Å². The summed E-state index contributed by atoms with van der Waals surface area (Å²) in [4.78, 5) is 20.5. The fraction of sp³-hybridized carbons (Fsp3) is 0.600. The van der Waals surface area contributed by atoms with Gasteiger partial charge < -0.3 is 15.3 Å². The molecule has 0 saturated heterocycles. The predicted molar refractivity (Wildman–Crippen MR) is 29.9 cm³/mol. The van der Waals surface area contributed by atoms with Crippen LogP contribution in [-0.4, -0.2) is 39.3 Å². The lowest BCUT2D eigenvalue weighted by atomic mass is 10.2. The summed E-state index contributed by atoms with van der Waals surface area (Å²) in [6, 6.07) is 0. The molecule has 5 heteroatoms. The molecule has 0 heterocycles. The Hall–Kier alpha value is -0.780. The number of aliphatic hydroxyl groups is 3. The van der Waals surface area contributed by atoms with Crippen LogP contribution in [0.25, 0.3) is 0 Å². The summed E-state index contributed by atoms with van der Waals surface area (Å²) in [5.41, 5.74) is 0. The zero-order chi connectivity index (χ0) is 8.31. The Labute approximate surface area is 56.9 Å². The molecule has 0 fully saturated rings. The summed E-state index contributed by atoms with van der Waals surface area (Å²) < 4.78 is 0. The Morgan fingerprint density at radius 1 is 1.20 bits per heavy atom. The predicted octanol–water partition coefficient (Wildman–Crippen LogP) is -2.18. The van der Waals surface area contributed by atoms with Gasteiger partial charge in [-0.15, -0.1) is 0 Å². The molecule has 0 aliphatic heterocycles. The van der Waals surface area contributed by atoms with Gasteiger partial charge in [-0.05, 0) is 0 Å². The second kappa shape index (κ2) is 3.40. The van der Waals surface area contributed by atoms with Crippen LogP contribution in [0.3, 0.4) is 0 Å². The van der Waals surface area contributed by atoms with Crippen molar-refractivity contribution in [2.45, 2.75) is 19.3 Å². The van der Waals surface area contributed by atoms with Gasteiger partial charge in [-0.25, -0.2) is 0 Å². The van der Waals surface area contributed by atoms with Gasteiger partial charge >= 0.3 is 0 Å². The summed E-state index contributed by atoms with van der Waals surface area (Å²) in [7, 11) is 0. The Balaban J connectivity index is 4.08. The smallest absolute Gasteiger partial charge is 0.231 e. The van der Waals surface area contributed by atoms with Crippen molar-refractivity contribution < 1.29 is 24.9 Å². The van der Waals surface area contributed by atoms with Crippen molar-refractivity contribution in [2.24, 2.45) is 0 Å². The molecule has 0 unspecified atom stereocenters. The lowest BCUT2D eigenvalue weighted by Crippen LogP contribution is -2.37. The van der Waals surface area contributed by atoms with Crippen molar-refractivity contribution in [3.63, 3.8) is 0 Å². The maximum absolute atomic E-state index is 10.4. The molecule has 0 aliphatic carbocycles. The lowest BCUT2D eigenvalue weighted by Gasteiger charge is -2.07. The van der Waals surface area contributed by atoms with E-state index in [0.29, 0.717) is 0 Å². The zero-order valence-corrected chi connectivity index (χ0v) is 5.31. The molecule has 0 bridgehead atoms. The summed E-state index contributed by atoms with van der Waals surface area (Å²) in [6.45, 7) is 0.938. The topological polar surface area (TPSA) is 94.8 Å². The molecule has 0 aromatic heterocycles. The van der Waals surface area contributed by atoms with Crippen LogP contribution in [0.2, 0.25) is 0 Å². The van der Waals surface area contributed by atoms with E-state index in [9.17, 15) is 9.59 Å². The highest BCUT2D eigenvalue weighted by Crippen LogP contribution is 1.91. The number of Topliss-reactive ketones (excluding diaryl/α,β-unsaturated/α-hetero) is 2. The number of carbonyl (C=O) groups is 2. The van der Waals surface area contributed by atoms with Crippen LogP contribution >= 0.6 is 0 Å². The molecule has 0 rings (SSSR count). The van der Waals surface area contributed by atoms with E-state index in [1.54, 1.807) is 0 Å². The first-order valence-electron chi connectivity index (χ1n) is 2.55. The molecule has 5 nitrogen and oxygen atoms in total. The third-order valence-corrected chi connectivity index (χ3v) is 0.898. The maximum Gasteiger partial charge on any atom is 0.231 e. The molecule has 0 aromatic rings. The van der Waals surface area contributed by atoms with Gasteiger partial charge in [-0.2, -0.15) is 0 Å². The van der Waals surface area contributed by atoms with Crippen molar-refractivity contribution in [3.8, 4) is 0 Å². The van der Waals surface area contributed by atoms with Crippen LogP contribution in [0.1, 0.15) is 6.92 Å². The minimum Gasteiger partial charge on any atom is -0.380 e. The van der Waals surface area contributed by atoms with E-state index in [1.165, 1.54) is 0 Å². The van der Waals surface area contributed by atoms with Crippen LogP contribution in [0.15, 0.2) is 0 Å². The monoisotopic (exact) mass is 148 g/mol. The second-order valence-corrected chi connectivity index (χ2v) is 1.78. The van der Waals surface area contributed by atoms with E-state index in [2.05, 4.69) is 0 Å². The van der Waals surface area contributed by atoms with Crippen molar-refractivity contribution in [1.29, 1.82) is 0 Å². The van der Waals surface area contributed by atoms with Crippen LogP contribution in [0, 0.1) is 0 Å². The number of ketones is 2. The molecule has 0 aromatic carbocycles. The molecule has 0 radical (unpaired) electrons. The van der Waals surface area contributed by atoms with Crippen LogP contribution in [0.5, 0.6) is 0 Å². The van der Waals surface area contributed by atoms with E-state index < -0.39 is 24.0 Å². The fourth-order valence-electron chi connectivity index (χ4n) is 0.344. The summed E-state index contributed by atoms with van der Waals surface area (Å²) in [5, 5.41) is 24.8. The summed E-state index contributed by atoms with van der Waals surface area (Å²) in [5.74, 6) is -2.10. The highest BCUT2D eigenvalue weighted by atomic mass is 16.5. The van der Waals surface area contributed by atoms with Gasteiger partial charge in [0, 0.05) is 6.92 Å². The Morgan fingerprint density at radius 3 is 1.70 bits per heavy atom. The largest absolute Gasteiger partial charge is 0.380 e. The third-order valence-electron chi connectivity index (χ3n) is 0.898. The van der Waals surface area contributed by atoms with E-state index in [4.69, 9.17) is 15.3 Å². The Morgan fingerprint density at radius 2 is 1.60 bits per heavy atom. The van der Waals surface area contributed by atoms with Gasteiger partial charge in [0.2, 0.25) is 5.78 Å². The highest BCUT2D eigenvalue weighted by Gasteiger charge is 2.24.